The van der Waals surface area contributed by atoms with Crippen molar-refractivity contribution in [3.8, 4) is 0 Å². The SMILES string of the molecule is O=c1cc(Cl)n(CC2CC2)c(=O)n1Cc1ccccc1F. The minimum atomic E-state index is -0.514. The summed E-state index contributed by atoms with van der Waals surface area (Å²) in [5, 5.41) is 0.140. The third-order valence-electron chi connectivity index (χ3n) is 3.65. The number of rotatable bonds is 4. The second kappa shape index (κ2) is 5.48. The Balaban J connectivity index is 2.03. The van der Waals surface area contributed by atoms with E-state index in [1.165, 1.54) is 16.7 Å². The Morgan fingerprint density at radius 1 is 1.19 bits per heavy atom. The number of nitrogens with zero attached hydrogens (tertiary/aromatic N) is 2. The highest BCUT2D eigenvalue weighted by Gasteiger charge is 2.24. The lowest BCUT2D eigenvalue weighted by atomic mass is 10.2. The van der Waals surface area contributed by atoms with E-state index in [1.54, 1.807) is 18.2 Å². The lowest BCUT2D eigenvalue weighted by Gasteiger charge is -2.12. The molecule has 2 aromatic rings. The molecule has 0 atom stereocenters. The Hall–Kier alpha value is -1.88. The van der Waals surface area contributed by atoms with Crippen LogP contribution in [0.5, 0.6) is 0 Å². The summed E-state index contributed by atoms with van der Waals surface area (Å²) >= 11 is 5.99. The van der Waals surface area contributed by atoms with Crippen LogP contribution in [0.25, 0.3) is 0 Å². The Labute approximate surface area is 125 Å². The van der Waals surface area contributed by atoms with Crippen LogP contribution in [0.1, 0.15) is 18.4 Å². The van der Waals surface area contributed by atoms with E-state index >= 15 is 0 Å². The van der Waals surface area contributed by atoms with Gasteiger partial charge in [0.1, 0.15) is 11.0 Å². The molecule has 0 amide bonds. The van der Waals surface area contributed by atoms with E-state index in [9.17, 15) is 14.0 Å². The zero-order valence-electron chi connectivity index (χ0n) is 11.3. The van der Waals surface area contributed by atoms with Crippen LogP contribution in [-0.4, -0.2) is 9.13 Å². The predicted octanol–water partition coefficient (Wildman–Crippen LogP) is 2.26. The van der Waals surface area contributed by atoms with E-state index in [0.717, 1.165) is 17.4 Å². The van der Waals surface area contributed by atoms with Crippen molar-refractivity contribution in [2.24, 2.45) is 5.92 Å². The van der Waals surface area contributed by atoms with E-state index in [1.807, 2.05) is 0 Å². The van der Waals surface area contributed by atoms with Crippen molar-refractivity contribution in [3.05, 3.63) is 67.7 Å². The van der Waals surface area contributed by atoms with Crippen LogP contribution in [0.3, 0.4) is 0 Å². The van der Waals surface area contributed by atoms with E-state index in [0.29, 0.717) is 18.0 Å². The maximum atomic E-state index is 13.7. The molecule has 3 rings (SSSR count). The summed E-state index contributed by atoms with van der Waals surface area (Å²) in [4.78, 5) is 24.4. The van der Waals surface area contributed by atoms with Crippen molar-refractivity contribution in [2.45, 2.75) is 25.9 Å². The predicted molar refractivity (Wildman–Crippen MR) is 78.2 cm³/mol. The van der Waals surface area contributed by atoms with Crippen molar-refractivity contribution < 1.29 is 4.39 Å². The molecule has 0 spiro atoms. The average molecular weight is 309 g/mol. The first-order valence-electron chi connectivity index (χ1n) is 6.80. The third kappa shape index (κ3) is 2.93. The van der Waals surface area contributed by atoms with Crippen LogP contribution in [0, 0.1) is 11.7 Å². The van der Waals surface area contributed by atoms with Gasteiger partial charge in [-0.05, 0) is 24.8 Å². The van der Waals surface area contributed by atoms with Crippen molar-refractivity contribution in [1.82, 2.24) is 9.13 Å². The number of aromatic nitrogens is 2. The van der Waals surface area contributed by atoms with Gasteiger partial charge in [-0.1, -0.05) is 29.8 Å². The van der Waals surface area contributed by atoms with Gasteiger partial charge >= 0.3 is 5.69 Å². The van der Waals surface area contributed by atoms with E-state index in [4.69, 9.17) is 11.6 Å². The first-order chi connectivity index (χ1) is 10.1. The van der Waals surface area contributed by atoms with Crippen LogP contribution < -0.4 is 11.2 Å². The Bertz CT molecular complexity index is 793. The zero-order valence-corrected chi connectivity index (χ0v) is 12.0. The van der Waals surface area contributed by atoms with Gasteiger partial charge in [0.05, 0.1) is 6.54 Å². The number of halogens is 2. The Morgan fingerprint density at radius 3 is 2.57 bits per heavy atom. The largest absolute Gasteiger partial charge is 0.332 e. The summed E-state index contributed by atoms with van der Waals surface area (Å²) in [5.41, 5.74) is -0.694. The molecule has 1 aliphatic carbocycles. The van der Waals surface area contributed by atoms with E-state index < -0.39 is 17.1 Å². The number of hydrogen-bond donors (Lipinski definition) is 0. The smallest absolute Gasteiger partial charge is 0.283 e. The molecule has 0 radical (unpaired) electrons. The number of benzene rings is 1. The molecule has 1 aromatic carbocycles. The Kier molecular flexibility index (Phi) is 3.68. The second-order valence-electron chi connectivity index (χ2n) is 5.32. The Morgan fingerprint density at radius 2 is 1.90 bits per heavy atom. The van der Waals surface area contributed by atoms with Crippen LogP contribution in [0.15, 0.2) is 39.9 Å². The van der Waals surface area contributed by atoms with Gasteiger partial charge in [-0.2, -0.15) is 0 Å². The van der Waals surface area contributed by atoms with E-state index in [-0.39, 0.29) is 11.7 Å². The maximum Gasteiger partial charge on any atom is 0.332 e. The molecule has 0 saturated heterocycles. The molecular weight excluding hydrogens is 295 g/mol. The minimum Gasteiger partial charge on any atom is -0.283 e. The zero-order chi connectivity index (χ0) is 15.0. The first kappa shape index (κ1) is 14.1. The minimum absolute atomic E-state index is 0.0911. The quantitative estimate of drug-likeness (QED) is 0.813. The van der Waals surface area contributed by atoms with Crippen molar-refractivity contribution >= 4 is 11.6 Å². The summed E-state index contributed by atoms with van der Waals surface area (Å²) in [6.45, 7) is 0.418. The molecular formula is C15H14ClFN2O2. The highest BCUT2D eigenvalue weighted by molar-refractivity contribution is 6.29. The van der Waals surface area contributed by atoms with Crippen LogP contribution in [-0.2, 0) is 13.1 Å². The molecule has 0 aliphatic heterocycles. The highest BCUT2D eigenvalue weighted by Crippen LogP contribution is 2.30. The highest BCUT2D eigenvalue weighted by atomic mass is 35.5. The van der Waals surface area contributed by atoms with Gasteiger partial charge < -0.3 is 0 Å². The van der Waals surface area contributed by atoms with Crippen molar-refractivity contribution in [3.63, 3.8) is 0 Å². The van der Waals surface area contributed by atoms with Crippen LogP contribution >= 0.6 is 11.6 Å². The normalized spacial score (nSPS) is 14.4. The van der Waals surface area contributed by atoms with Crippen molar-refractivity contribution in [2.75, 3.05) is 0 Å². The molecule has 1 aromatic heterocycles. The fourth-order valence-corrected chi connectivity index (χ4v) is 2.49. The monoisotopic (exact) mass is 308 g/mol. The molecule has 0 bridgehead atoms. The molecule has 1 saturated carbocycles. The topological polar surface area (TPSA) is 44.0 Å². The lowest BCUT2D eigenvalue weighted by Crippen LogP contribution is -2.40. The summed E-state index contributed by atoms with van der Waals surface area (Å²) in [6, 6.07) is 7.31. The second-order valence-corrected chi connectivity index (χ2v) is 5.71. The molecule has 1 fully saturated rings. The molecule has 110 valence electrons. The molecule has 0 N–H and O–H groups in total. The standard InChI is InChI=1S/C15H14ClFN2O2/c16-13-7-14(20)19(9-11-3-1-2-4-12(11)17)15(21)18(13)8-10-5-6-10/h1-4,7,10H,5-6,8-9H2. The van der Waals surface area contributed by atoms with Gasteiger partial charge in [0.25, 0.3) is 5.56 Å². The van der Waals surface area contributed by atoms with Gasteiger partial charge in [-0.15, -0.1) is 0 Å². The number of hydrogen-bond acceptors (Lipinski definition) is 2. The average Bonchev–Trinajstić information content (AvgIpc) is 3.25. The van der Waals surface area contributed by atoms with Crippen LogP contribution in [0.4, 0.5) is 4.39 Å². The molecule has 4 nitrogen and oxygen atoms in total. The lowest BCUT2D eigenvalue weighted by molar-refractivity contribution is 0.534. The van der Waals surface area contributed by atoms with Gasteiger partial charge in [-0.3, -0.25) is 13.9 Å². The van der Waals surface area contributed by atoms with Gasteiger partial charge in [-0.25, -0.2) is 9.18 Å². The fourth-order valence-electron chi connectivity index (χ4n) is 2.26. The summed E-state index contributed by atoms with van der Waals surface area (Å²) in [6.07, 6.45) is 2.13. The van der Waals surface area contributed by atoms with Crippen molar-refractivity contribution in [1.29, 1.82) is 0 Å². The van der Waals surface area contributed by atoms with Gasteiger partial charge in [0.15, 0.2) is 0 Å². The molecule has 21 heavy (non-hydrogen) atoms. The van der Waals surface area contributed by atoms with E-state index in [2.05, 4.69) is 0 Å². The van der Waals surface area contributed by atoms with Gasteiger partial charge in [0, 0.05) is 18.2 Å². The third-order valence-corrected chi connectivity index (χ3v) is 3.97. The first-order valence-corrected chi connectivity index (χ1v) is 7.17. The molecule has 1 heterocycles. The molecule has 6 heteroatoms. The summed E-state index contributed by atoms with van der Waals surface area (Å²) in [5.74, 6) is 0.00658. The molecule has 0 unspecified atom stereocenters. The fraction of sp³-hybridized carbons (Fsp3) is 0.333. The molecule has 1 aliphatic rings. The summed E-state index contributed by atoms with van der Waals surface area (Å²) in [7, 11) is 0. The summed E-state index contributed by atoms with van der Waals surface area (Å²) < 4.78 is 16.1. The maximum absolute atomic E-state index is 13.7. The van der Waals surface area contributed by atoms with Crippen LogP contribution in [0.2, 0.25) is 5.15 Å². The van der Waals surface area contributed by atoms with Gasteiger partial charge in [0.2, 0.25) is 0 Å².